The smallest absolute Gasteiger partial charge is 0.255 e. The van der Waals surface area contributed by atoms with Gasteiger partial charge >= 0.3 is 0 Å². The molecule has 5 heteroatoms. The fourth-order valence-electron chi connectivity index (χ4n) is 2.64. The van der Waals surface area contributed by atoms with Gasteiger partial charge in [-0.2, -0.15) is 0 Å². The number of thioether (sulfide) groups is 1. The Labute approximate surface area is 136 Å². The Morgan fingerprint density at radius 2 is 2.33 bits per heavy atom. The Bertz CT molecular complexity index is 495. The van der Waals surface area contributed by atoms with Crippen molar-refractivity contribution in [1.29, 1.82) is 0 Å². The summed E-state index contributed by atoms with van der Waals surface area (Å²) in [7, 11) is 0. The molecule has 1 aliphatic heterocycles. The Balaban J connectivity index is 2.08. The van der Waals surface area contributed by atoms with Gasteiger partial charge in [0.25, 0.3) is 5.91 Å². The molecule has 0 radical (unpaired) electrons. The third-order valence-corrected chi connectivity index (χ3v) is 4.82. The first kappa shape index (κ1) is 16.7. The topological polar surface area (TPSA) is 29.5 Å². The molecule has 0 bridgehead atoms. The van der Waals surface area contributed by atoms with Gasteiger partial charge in [0, 0.05) is 24.6 Å². The number of nitrogens with zero attached hydrogens (tertiary/aromatic N) is 1. The van der Waals surface area contributed by atoms with Crippen molar-refractivity contribution in [2.75, 3.05) is 32.6 Å². The van der Waals surface area contributed by atoms with Gasteiger partial charge in [0.2, 0.25) is 0 Å². The molecule has 3 nitrogen and oxygen atoms in total. The van der Waals surface area contributed by atoms with E-state index in [1.54, 1.807) is 11.8 Å². The molecule has 0 spiro atoms. The van der Waals surface area contributed by atoms with E-state index < -0.39 is 0 Å². The molecular weight excluding hydrogens is 306 g/mol. The van der Waals surface area contributed by atoms with E-state index in [0.29, 0.717) is 16.5 Å². The predicted molar refractivity (Wildman–Crippen MR) is 88.4 cm³/mol. The molecule has 0 aromatic heterocycles. The first-order valence-corrected chi connectivity index (χ1v) is 8.96. The van der Waals surface area contributed by atoms with Crippen LogP contribution in [-0.4, -0.2) is 43.4 Å². The minimum Gasteiger partial charge on any atom is -0.381 e. The van der Waals surface area contributed by atoms with Crippen LogP contribution in [0, 0.1) is 5.92 Å². The van der Waals surface area contributed by atoms with Gasteiger partial charge in [-0.1, -0.05) is 11.6 Å². The van der Waals surface area contributed by atoms with E-state index in [0.717, 1.165) is 44.0 Å². The summed E-state index contributed by atoms with van der Waals surface area (Å²) < 4.78 is 5.50. The predicted octanol–water partition coefficient (Wildman–Crippen LogP) is 3.95. The second-order valence-electron chi connectivity index (χ2n) is 5.26. The molecule has 1 aliphatic rings. The molecule has 1 heterocycles. The molecular formula is C16H22ClNO2S. The van der Waals surface area contributed by atoms with E-state index in [1.165, 1.54) is 0 Å². The van der Waals surface area contributed by atoms with E-state index in [2.05, 4.69) is 0 Å². The molecule has 1 aromatic carbocycles. The summed E-state index contributed by atoms with van der Waals surface area (Å²) in [6.45, 7) is 5.03. The fraction of sp³-hybridized carbons (Fsp3) is 0.562. The van der Waals surface area contributed by atoms with Crippen molar-refractivity contribution >= 4 is 29.3 Å². The Hall–Kier alpha value is -0.710. The number of piperidine rings is 1. The van der Waals surface area contributed by atoms with Crippen molar-refractivity contribution in [3.63, 3.8) is 0 Å². The number of carbonyl (C=O) groups is 1. The van der Waals surface area contributed by atoms with Gasteiger partial charge in [-0.05, 0) is 50.1 Å². The monoisotopic (exact) mass is 327 g/mol. The van der Waals surface area contributed by atoms with E-state index in [9.17, 15) is 4.79 Å². The molecule has 2 rings (SSSR count). The number of ether oxygens (including phenoxy) is 1. The summed E-state index contributed by atoms with van der Waals surface area (Å²) in [6, 6.07) is 5.64. The molecule has 1 fully saturated rings. The number of carbonyl (C=O) groups excluding carboxylic acids is 1. The average Bonchev–Trinajstić information content (AvgIpc) is 2.53. The van der Waals surface area contributed by atoms with Gasteiger partial charge in [-0.15, -0.1) is 11.8 Å². The van der Waals surface area contributed by atoms with Gasteiger partial charge in [0.15, 0.2) is 0 Å². The van der Waals surface area contributed by atoms with Crippen molar-refractivity contribution in [2.45, 2.75) is 24.7 Å². The van der Waals surface area contributed by atoms with Crippen molar-refractivity contribution in [3.05, 3.63) is 28.8 Å². The minimum atomic E-state index is 0.0390. The second-order valence-corrected chi connectivity index (χ2v) is 6.55. The lowest BCUT2D eigenvalue weighted by molar-refractivity contribution is 0.0501. The van der Waals surface area contributed by atoms with E-state index >= 15 is 0 Å². The maximum Gasteiger partial charge on any atom is 0.255 e. The van der Waals surface area contributed by atoms with Crippen LogP contribution in [0.3, 0.4) is 0 Å². The number of hydrogen-bond acceptors (Lipinski definition) is 3. The number of amides is 1. The molecule has 1 amide bonds. The van der Waals surface area contributed by atoms with Crippen LogP contribution in [0.1, 0.15) is 30.1 Å². The number of hydrogen-bond donors (Lipinski definition) is 0. The Morgan fingerprint density at radius 1 is 1.52 bits per heavy atom. The highest BCUT2D eigenvalue weighted by molar-refractivity contribution is 7.98. The standard InChI is InChI=1S/C16H22ClNO2S/c1-3-20-11-12-5-4-8-18(10-12)16(19)14-9-13(21-2)6-7-15(14)17/h6-7,9,12H,3-5,8,10-11H2,1-2H3. The summed E-state index contributed by atoms with van der Waals surface area (Å²) >= 11 is 7.82. The molecule has 0 saturated carbocycles. The van der Waals surface area contributed by atoms with Gasteiger partial charge in [0.1, 0.15) is 0 Å². The number of likely N-dealkylation sites (tertiary alicyclic amines) is 1. The lowest BCUT2D eigenvalue weighted by Crippen LogP contribution is -2.41. The zero-order valence-electron chi connectivity index (χ0n) is 12.6. The molecule has 1 atom stereocenters. The van der Waals surface area contributed by atoms with E-state index in [-0.39, 0.29) is 5.91 Å². The lowest BCUT2D eigenvalue weighted by atomic mass is 9.98. The summed E-state index contributed by atoms with van der Waals surface area (Å²) in [4.78, 5) is 15.7. The largest absolute Gasteiger partial charge is 0.381 e. The van der Waals surface area contributed by atoms with Crippen LogP contribution >= 0.6 is 23.4 Å². The quantitative estimate of drug-likeness (QED) is 0.767. The number of halogens is 1. The average molecular weight is 328 g/mol. The maximum atomic E-state index is 12.7. The highest BCUT2D eigenvalue weighted by Crippen LogP contribution is 2.26. The first-order chi connectivity index (χ1) is 10.2. The summed E-state index contributed by atoms with van der Waals surface area (Å²) in [6.07, 6.45) is 4.15. The van der Waals surface area contributed by atoms with Crippen LogP contribution in [0.15, 0.2) is 23.1 Å². The van der Waals surface area contributed by atoms with Crippen molar-refractivity contribution < 1.29 is 9.53 Å². The molecule has 0 N–H and O–H groups in total. The highest BCUT2D eigenvalue weighted by Gasteiger charge is 2.25. The Morgan fingerprint density at radius 3 is 3.05 bits per heavy atom. The summed E-state index contributed by atoms with van der Waals surface area (Å²) in [5, 5.41) is 0.532. The summed E-state index contributed by atoms with van der Waals surface area (Å²) in [5.74, 6) is 0.474. The third kappa shape index (κ3) is 4.38. The molecule has 1 unspecified atom stereocenters. The normalized spacial score (nSPS) is 18.8. The highest BCUT2D eigenvalue weighted by atomic mass is 35.5. The number of rotatable bonds is 5. The van der Waals surface area contributed by atoms with Crippen LogP contribution in [0.25, 0.3) is 0 Å². The van der Waals surface area contributed by atoms with Crippen molar-refractivity contribution in [1.82, 2.24) is 4.90 Å². The van der Waals surface area contributed by atoms with Gasteiger partial charge < -0.3 is 9.64 Å². The first-order valence-electron chi connectivity index (χ1n) is 7.36. The molecule has 21 heavy (non-hydrogen) atoms. The van der Waals surface area contributed by atoms with Gasteiger partial charge in [-0.25, -0.2) is 0 Å². The van der Waals surface area contributed by atoms with Crippen molar-refractivity contribution in [3.8, 4) is 0 Å². The van der Waals surface area contributed by atoms with E-state index in [1.807, 2.05) is 36.3 Å². The van der Waals surface area contributed by atoms with Crippen LogP contribution in [-0.2, 0) is 4.74 Å². The zero-order valence-corrected chi connectivity index (χ0v) is 14.2. The van der Waals surface area contributed by atoms with Crippen LogP contribution in [0.5, 0.6) is 0 Å². The third-order valence-electron chi connectivity index (χ3n) is 3.77. The van der Waals surface area contributed by atoms with Crippen LogP contribution in [0.4, 0.5) is 0 Å². The zero-order chi connectivity index (χ0) is 15.2. The van der Waals surface area contributed by atoms with Crippen molar-refractivity contribution in [2.24, 2.45) is 5.92 Å². The molecule has 1 saturated heterocycles. The van der Waals surface area contributed by atoms with Gasteiger partial charge in [-0.3, -0.25) is 4.79 Å². The SMILES string of the molecule is CCOCC1CCCN(C(=O)c2cc(SC)ccc2Cl)C1. The van der Waals surface area contributed by atoms with Crippen LogP contribution in [0.2, 0.25) is 5.02 Å². The summed E-state index contributed by atoms with van der Waals surface area (Å²) in [5.41, 5.74) is 0.612. The lowest BCUT2D eigenvalue weighted by Gasteiger charge is -2.33. The maximum absolute atomic E-state index is 12.7. The van der Waals surface area contributed by atoms with E-state index in [4.69, 9.17) is 16.3 Å². The second kappa shape index (κ2) is 8.06. The Kier molecular flexibility index (Phi) is 6.40. The fourth-order valence-corrected chi connectivity index (χ4v) is 3.27. The molecule has 116 valence electrons. The minimum absolute atomic E-state index is 0.0390. The molecule has 0 aliphatic carbocycles. The number of benzene rings is 1. The van der Waals surface area contributed by atoms with Crippen LogP contribution < -0.4 is 0 Å². The van der Waals surface area contributed by atoms with Gasteiger partial charge in [0.05, 0.1) is 17.2 Å². The molecule has 1 aromatic rings.